The minimum absolute atomic E-state index is 0.101. The quantitative estimate of drug-likeness (QED) is 0.776. The van der Waals surface area contributed by atoms with Crippen LogP contribution in [0.5, 0.6) is 5.75 Å². The molecule has 0 heterocycles. The van der Waals surface area contributed by atoms with Gasteiger partial charge >= 0.3 is 0 Å². The van der Waals surface area contributed by atoms with Gasteiger partial charge in [-0.05, 0) is 17.7 Å². The fraction of sp³-hybridized carbons (Fsp3) is 0.294. The fourth-order valence-corrected chi connectivity index (χ4v) is 3.78. The van der Waals surface area contributed by atoms with Crippen molar-refractivity contribution in [3.8, 4) is 5.75 Å². The molecule has 2 rings (SSSR count). The van der Waals surface area contributed by atoms with Gasteiger partial charge in [-0.1, -0.05) is 48.0 Å². The first-order valence-electron chi connectivity index (χ1n) is 7.33. The zero-order valence-electron chi connectivity index (χ0n) is 13.5. The standard InChI is InChI=1S/C17H20ClNO4S/c1-22-16-10-6-4-8-14(16)17(23-2)11-19-24(20,21)12-13-7-3-5-9-15(13)18/h3-10,17,19H,11-12H2,1-2H3. The number of ether oxygens (including phenoxy) is 2. The molecule has 0 amide bonds. The summed E-state index contributed by atoms with van der Waals surface area (Å²) in [6.07, 6.45) is -0.456. The Hall–Kier alpha value is -1.60. The van der Waals surface area contributed by atoms with Crippen LogP contribution in [-0.4, -0.2) is 29.2 Å². The van der Waals surface area contributed by atoms with E-state index in [9.17, 15) is 8.42 Å². The van der Waals surface area contributed by atoms with Crippen molar-refractivity contribution in [2.45, 2.75) is 11.9 Å². The van der Waals surface area contributed by atoms with Crippen LogP contribution in [0.3, 0.4) is 0 Å². The second-order valence-electron chi connectivity index (χ2n) is 5.17. The number of hydrogen-bond acceptors (Lipinski definition) is 4. The Morgan fingerprint density at radius 1 is 1.08 bits per heavy atom. The maximum Gasteiger partial charge on any atom is 0.215 e. The summed E-state index contributed by atoms with van der Waals surface area (Å²) < 4.78 is 37.9. The van der Waals surface area contributed by atoms with Gasteiger partial charge in [-0.3, -0.25) is 0 Å². The van der Waals surface area contributed by atoms with Gasteiger partial charge in [0.15, 0.2) is 0 Å². The molecule has 1 atom stereocenters. The predicted molar refractivity (Wildman–Crippen MR) is 94.8 cm³/mol. The van der Waals surface area contributed by atoms with Gasteiger partial charge in [0, 0.05) is 24.2 Å². The molecule has 0 bridgehead atoms. The van der Waals surface area contributed by atoms with E-state index in [0.29, 0.717) is 16.3 Å². The van der Waals surface area contributed by atoms with Crippen LogP contribution in [0.4, 0.5) is 0 Å². The van der Waals surface area contributed by atoms with E-state index in [2.05, 4.69) is 4.72 Å². The van der Waals surface area contributed by atoms with E-state index in [1.165, 1.54) is 7.11 Å². The Morgan fingerprint density at radius 2 is 1.75 bits per heavy atom. The molecule has 0 aliphatic heterocycles. The lowest BCUT2D eigenvalue weighted by molar-refractivity contribution is 0.105. The van der Waals surface area contributed by atoms with Crippen molar-refractivity contribution >= 4 is 21.6 Å². The number of sulfonamides is 1. The minimum atomic E-state index is -3.55. The molecule has 1 N–H and O–H groups in total. The third-order valence-electron chi connectivity index (χ3n) is 3.56. The second-order valence-corrected chi connectivity index (χ2v) is 7.38. The largest absolute Gasteiger partial charge is 0.496 e. The van der Waals surface area contributed by atoms with Crippen LogP contribution in [0.25, 0.3) is 0 Å². The summed E-state index contributed by atoms with van der Waals surface area (Å²) in [6, 6.07) is 14.2. The van der Waals surface area contributed by atoms with Crippen molar-refractivity contribution in [2.75, 3.05) is 20.8 Å². The lowest BCUT2D eigenvalue weighted by atomic mass is 10.1. The highest BCUT2D eigenvalue weighted by atomic mass is 35.5. The van der Waals surface area contributed by atoms with Gasteiger partial charge in [0.05, 0.1) is 19.0 Å². The van der Waals surface area contributed by atoms with Gasteiger partial charge in [-0.15, -0.1) is 0 Å². The Balaban J connectivity index is 2.08. The predicted octanol–water partition coefficient (Wildman–Crippen LogP) is 3.16. The van der Waals surface area contributed by atoms with Crippen LogP contribution in [0.2, 0.25) is 5.02 Å². The molecule has 0 radical (unpaired) electrons. The van der Waals surface area contributed by atoms with Crippen molar-refractivity contribution in [1.29, 1.82) is 0 Å². The molecule has 7 heteroatoms. The molecular weight excluding hydrogens is 350 g/mol. The SMILES string of the molecule is COc1ccccc1C(CNS(=O)(=O)Cc1ccccc1Cl)OC. The van der Waals surface area contributed by atoms with E-state index in [4.69, 9.17) is 21.1 Å². The molecule has 0 aromatic heterocycles. The molecule has 5 nitrogen and oxygen atoms in total. The molecule has 0 saturated carbocycles. The molecule has 0 aliphatic rings. The number of rotatable bonds is 8. The van der Waals surface area contributed by atoms with Crippen molar-refractivity contribution in [1.82, 2.24) is 4.72 Å². The molecule has 0 aliphatic carbocycles. The Kier molecular flexibility index (Phi) is 6.62. The highest BCUT2D eigenvalue weighted by molar-refractivity contribution is 7.88. The first-order chi connectivity index (χ1) is 11.5. The van der Waals surface area contributed by atoms with Crippen LogP contribution in [-0.2, 0) is 20.5 Å². The first kappa shape index (κ1) is 18.7. The molecule has 0 spiro atoms. The van der Waals surface area contributed by atoms with E-state index < -0.39 is 16.1 Å². The summed E-state index contributed by atoms with van der Waals surface area (Å²) in [5.74, 6) is 0.462. The maximum absolute atomic E-state index is 12.3. The van der Waals surface area contributed by atoms with Crippen LogP contribution in [0.1, 0.15) is 17.2 Å². The zero-order chi connectivity index (χ0) is 17.6. The summed E-state index contributed by atoms with van der Waals surface area (Å²) >= 11 is 6.02. The third kappa shape index (κ3) is 4.95. The molecule has 2 aromatic rings. The summed E-state index contributed by atoms with van der Waals surface area (Å²) in [4.78, 5) is 0. The molecule has 24 heavy (non-hydrogen) atoms. The summed E-state index contributed by atoms with van der Waals surface area (Å²) in [5.41, 5.74) is 1.33. The summed E-state index contributed by atoms with van der Waals surface area (Å²) in [7, 11) is -0.455. The van der Waals surface area contributed by atoms with Crippen molar-refractivity contribution < 1.29 is 17.9 Å². The van der Waals surface area contributed by atoms with Gasteiger partial charge < -0.3 is 9.47 Å². The average Bonchev–Trinajstić information content (AvgIpc) is 2.57. The highest BCUT2D eigenvalue weighted by Crippen LogP contribution is 2.26. The lowest BCUT2D eigenvalue weighted by Crippen LogP contribution is -2.30. The second kappa shape index (κ2) is 8.48. The average molecular weight is 370 g/mol. The van der Waals surface area contributed by atoms with Gasteiger partial charge in [-0.2, -0.15) is 0 Å². The summed E-state index contributed by atoms with van der Waals surface area (Å²) in [5, 5.41) is 0.427. The van der Waals surface area contributed by atoms with Crippen molar-refractivity contribution in [3.05, 3.63) is 64.7 Å². The normalized spacial score (nSPS) is 12.8. The maximum atomic E-state index is 12.3. The van der Waals surface area contributed by atoms with Crippen LogP contribution < -0.4 is 9.46 Å². The van der Waals surface area contributed by atoms with Crippen molar-refractivity contribution in [2.24, 2.45) is 0 Å². The zero-order valence-corrected chi connectivity index (χ0v) is 15.1. The smallest absolute Gasteiger partial charge is 0.215 e. The van der Waals surface area contributed by atoms with E-state index in [1.807, 2.05) is 18.2 Å². The Bertz CT molecular complexity index is 780. The molecule has 2 aromatic carbocycles. The third-order valence-corrected chi connectivity index (χ3v) is 5.23. The van der Waals surface area contributed by atoms with E-state index >= 15 is 0 Å². The van der Waals surface area contributed by atoms with Gasteiger partial charge in [0.1, 0.15) is 5.75 Å². The lowest BCUT2D eigenvalue weighted by Gasteiger charge is -2.19. The molecule has 130 valence electrons. The number of nitrogens with one attached hydrogen (secondary N) is 1. The molecular formula is C17H20ClNO4S. The van der Waals surface area contributed by atoms with Crippen LogP contribution in [0.15, 0.2) is 48.5 Å². The fourth-order valence-electron chi connectivity index (χ4n) is 2.33. The van der Waals surface area contributed by atoms with Crippen molar-refractivity contribution in [3.63, 3.8) is 0 Å². The molecule has 0 fully saturated rings. The molecule has 1 unspecified atom stereocenters. The van der Waals surface area contributed by atoms with Gasteiger partial charge in [0.2, 0.25) is 10.0 Å². The number of methoxy groups -OCH3 is 2. The van der Waals surface area contributed by atoms with Gasteiger partial charge in [-0.25, -0.2) is 13.1 Å². The van der Waals surface area contributed by atoms with Crippen LogP contribution in [0, 0.1) is 0 Å². The van der Waals surface area contributed by atoms with E-state index in [-0.39, 0.29) is 12.3 Å². The number of halogens is 1. The summed E-state index contributed by atoms with van der Waals surface area (Å²) in [6.45, 7) is 0.101. The number of hydrogen-bond donors (Lipinski definition) is 1. The Morgan fingerprint density at radius 3 is 2.42 bits per heavy atom. The minimum Gasteiger partial charge on any atom is -0.496 e. The van der Waals surface area contributed by atoms with E-state index in [0.717, 1.165) is 5.56 Å². The van der Waals surface area contributed by atoms with Gasteiger partial charge in [0.25, 0.3) is 0 Å². The topological polar surface area (TPSA) is 64.6 Å². The van der Waals surface area contributed by atoms with Crippen LogP contribution >= 0.6 is 11.6 Å². The Labute approximate surface area is 147 Å². The highest BCUT2D eigenvalue weighted by Gasteiger charge is 2.19. The number of para-hydroxylation sites is 1. The van der Waals surface area contributed by atoms with E-state index in [1.54, 1.807) is 37.4 Å². The number of benzene rings is 2. The monoisotopic (exact) mass is 369 g/mol. The molecule has 0 saturated heterocycles. The first-order valence-corrected chi connectivity index (χ1v) is 9.36.